The molecule has 0 atom stereocenters. The van der Waals surface area contributed by atoms with Gasteiger partial charge in [-0.1, -0.05) is 0 Å². The number of unbranched alkanes of at least 4 members (excludes halogenated alkanes) is 1. The number of aromatic hydroxyl groups is 1. The van der Waals surface area contributed by atoms with E-state index >= 15 is 0 Å². The van der Waals surface area contributed by atoms with Crippen molar-refractivity contribution in [1.29, 1.82) is 0 Å². The lowest BCUT2D eigenvalue weighted by atomic mass is 10.1. The lowest BCUT2D eigenvalue weighted by molar-refractivity contribution is 0.310. The zero-order valence-electron chi connectivity index (χ0n) is 41.1. The number of anilines is 2. The van der Waals surface area contributed by atoms with E-state index in [2.05, 4.69) is 60.0 Å². The number of nitroso groups, excluding NO2 is 3. The average molecular weight is 1160 g/mol. The van der Waals surface area contributed by atoms with Crippen LogP contribution in [0.25, 0.3) is 10.8 Å². The third kappa shape index (κ3) is 14.6. The summed E-state index contributed by atoms with van der Waals surface area (Å²) in [6.45, 7) is 1.64. The van der Waals surface area contributed by atoms with Gasteiger partial charge < -0.3 is 24.6 Å². The van der Waals surface area contributed by atoms with Crippen molar-refractivity contribution in [1.82, 2.24) is 0 Å². The Morgan fingerprint density at radius 1 is 0.519 bits per heavy atom. The zero-order chi connectivity index (χ0) is 57.1. The Hall–Kier alpha value is -8.92. The summed E-state index contributed by atoms with van der Waals surface area (Å²) in [5, 5.41) is 48.5. The first-order chi connectivity index (χ1) is 37.6. The van der Waals surface area contributed by atoms with Crippen molar-refractivity contribution >= 4 is 109 Å². The van der Waals surface area contributed by atoms with E-state index in [1.807, 2.05) is 0 Å². The molecule has 79 heavy (non-hydrogen) atoms. The standard InChI is InChI=1S/C47H42N12O16S4/c1-28-22-32(9-16-38(28)52-51-34-11-18-40(43(26-34)75-20-4-5-21-76(64,65)66)53-55-41-19-14-36(78(67,68)69)27-44(41)79(70,71)72)49-50-33-10-17-39(42(25-33)74-3)54-56-46-45(77(57-61,58-62)59-63)24-29-23-31(8-15-37(29)47(46)60)48-30-6-12-35(73-2)13-7-30/h6-19,22-27,48,60H,4-5,20-21H2,1-3H3,(H,64,65,66)(H,67,68,69)(H,70,71,72). The smallest absolute Gasteiger partial charge is 0.296 e. The summed E-state index contributed by atoms with van der Waals surface area (Å²) in [4.78, 5) is 33.8. The molecule has 0 radical (unpaired) electrons. The SMILES string of the molecule is COc1ccc(Nc2ccc3c(O)c(N=Nc4ccc(N=Nc5ccc(N=Nc6ccc(N=Nc7ccc(S(=O)(=O)O)cc7S(=O)(=O)O)c(OCCCCS(=O)(=O)O)c6)c(C)c5)cc4OC)c(S(N=O)(N=O)N=O)cc3c2)cc1. The second-order valence-corrected chi connectivity index (χ2v) is 22.6. The monoisotopic (exact) mass is 1160 g/mol. The number of hydrogen-bond donors (Lipinski definition) is 5. The lowest BCUT2D eigenvalue weighted by Gasteiger charge is -2.18. The number of phenols is 1. The molecule has 0 unspecified atom stereocenters. The van der Waals surface area contributed by atoms with Crippen molar-refractivity contribution in [3.8, 4) is 23.0 Å². The lowest BCUT2D eigenvalue weighted by Crippen LogP contribution is -2.06. The van der Waals surface area contributed by atoms with Crippen molar-refractivity contribution < 1.29 is 58.2 Å². The first-order valence-electron chi connectivity index (χ1n) is 22.4. The molecule has 0 aliphatic rings. The van der Waals surface area contributed by atoms with Gasteiger partial charge in [0.15, 0.2) is 16.3 Å². The highest BCUT2D eigenvalue weighted by atomic mass is 32.3. The molecule has 28 nitrogen and oxygen atoms in total. The Labute approximate surface area is 450 Å². The van der Waals surface area contributed by atoms with Crippen LogP contribution in [0.2, 0.25) is 0 Å². The number of aryl methyl sites for hydroxylation is 1. The Bertz CT molecular complexity index is 3960. The van der Waals surface area contributed by atoms with Crippen molar-refractivity contribution in [3.63, 3.8) is 0 Å². The van der Waals surface area contributed by atoms with E-state index in [1.54, 1.807) is 67.6 Å². The molecular weight excluding hydrogens is 1120 g/mol. The molecule has 0 saturated carbocycles. The van der Waals surface area contributed by atoms with E-state index in [0.717, 1.165) is 12.1 Å². The molecular formula is C47H42N12O16S4. The maximum atomic E-state index is 12.1. The van der Waals surface area contributed by atoms with E-state index < -0.39 is 78.5 Å². The maximum absolute atomic E-state index is 12.1. The van der Waals surface area contributed by atoms with Gasteiger partial charge in [0.1, 0.15) is 44.9 Å². The molecule has 0 aliphatic carbocycles. The largest absolute Gasteiger partial charge is 0.505 e. The van der Waals surface area contributed by atoms with Gasteiger partial charge >= 0.3 is 0 Å². The second-order valence-electron chi connectivity index (χ2n) is 16.3. The molecule has 7 rings (SSSR count). The van der Waals surface area contributed by atoms with E-state index in [9.17, 15) is 54.2 Å². The number of nitrogens with one attached hydrogen (secondary N) is 1. The van der Waals surface area contributed by atoms with Crippen molar-refractivity contribution in [2.24, 2.45) is 54.7 Å². The number of benzene rings is 7. The number of ether oxygens (including phenoxy) is 3. The van der Waals surface area contributed by atoms with Crippen LogP contribution >= 0.6 is 10.6 Å². The molecule has 32 heteroatoms. The highest BCUT2D eigenvalue weighted by molar-refractivity contribution is 8.30. The van der Waals surface area contributed by atoms with Crippen LogP contribution in [0.4, 0.5) is 56.9 Å². The molecule has 0 bridgehead atoms. The van der Waals surface area contributed by atoms with Crippen molar-refractivity contribution in [3.05, 3.63) is 142 Å². The van der Waals surface area contributed by atoms with Crippen molar-refractivity contribution in [2.75, 3.05) is 31.9 Å². The van der Waals surface area contributed by atoms with Crippen LogP contribution in [0.5, 0.6) is 23.0 Å². The summed E-state index contributed by atoms with van der Waals surface area (Å²) in [5.41, 5.74) is 2.24. The number of rotatable bonds is 24. The maximum Gasteiger partial charge on any atom is 0.296 e. The quantitative estimate of drug-likeness (QED) is 0.0162. The molecule has 0 spiro atoms. The van der Waals surface area contributed by atoms with E-state index in [0.29, 0.717) is 45.8 Å². The highest BCUT2D eigenvalue weighted by Gasteiger charge is 2.37. The predicted molar refractivity (Wildman–Crippen MR) is 290 cm³/mol. The normalized spacial score (nSPS) is 12.6. The van der Waals surface area contributed by atoms with Crippen LogP contribution in [-0.2, 0) is 30.4 Å². The highest BCUT2D eigenvalue weighted by Crippen LogP contribution is 2.65. The Morgan fingerprint density at radius 2 is 1.08 bits per heavy atom. The van der Waals surface area contributed by atoms with Gasteiger partial charge in [0.05, 0.1) is 59.1 Å². The molecule has 0 aliphatic heterocycles. The summed E-state index contributed by atoms with van der Waals surface area (Å²) < 4.78 is 123. The summed E-state index contributed by atoms with van der Waals surface area (Å²) in [7, 11) is -15.5. The topological polar surface area (TPSA) is 410 Å². The number of fused-ring (bicyclic) bond motifs is 1. The van der Waals surface area contributed by atoms with Crippen molar-refractivity contribution in [2.45, 2.75) is 34.5 Å². The van der Waals surface area contributed by atoms with Gasteiger partial charge in [0.2, 0.25) is 0 Å². The molecule has 0 fully saturated rings. The first-order valence-corrected chi connectivity index (χ1v) is 28.4. The summed E-state index contributed by atoms with van der Waals surface area (Å²) in [6, 6.07) is 28.8. The average Bonchev–Trinajstić information content (AvgIpc) is 3.42. The molecule has 5 N–H and O–H groups in total. The Balaban J connectivity index is 1.10. The fourth-order valence-corrected chi connectivity index (χ4v) is 9.88. The number of azo groups is 4. The van der Waals surface area contributed by atoms with Gasteiger partial charge in [-0.05, 0) is 140 Å². The minimum absolute atomic E-state index is 0.00582. The van der Waals surface area contributed by atoms with Crippen LogP contribution in [0, 0.1) is 21.6 Å². The molecule has 7 aromatic rings. The van der Waals surface area contributed by atoms with Crippen LogP contribution in [-0.4, -0.2) is 70.6 Å². The van der Waals surface area contributed by atoms with Gasteiger partial charge in [0, 0.05) is 42.6 Å². The zero-order valence-corrected chi connectivity index (χ0v) is 44.4. The molecule has 410 valence electrons. The summed E-state index contributed by atoms with van der Waals surface area (Å²) in [6.07, 6.45) is 0.184. The summed E-state index contributed by atoms with van der Waals surface area (Å²) in [5.74, 6) is -0.314. The van der Waals surface area contributed by atoms with E-state index in [1.165, 1.54) is 56.7 Å². The number of nitrogens with zero attached hydrogens (tertiary/aromatic N) is 11. The van der Waals surface area contributed by atoms with Gasteiger partial charge in [-0.3, -0.25) is 13.7 Å². The minimum atomic E-state index is -5.07. The van der Waals surface area contributed by atoms with E-state index in [4.69, 9.17) is 18.8 Å². The predicted octanol–water partition coefficient (Wildman–Crippen LogP) is 14.0. The van der Waals surface area contributed by atoms with Crippen LogP contribution in [0.1, 0.15) is 18.4 Å². The van der Waals surface area contributed by atoms with E-state index in [-0.39, 0.29) is 58.8 Å². The Kier molecular flexibility index (Phi) is 18.0. The first kappa shape index (κ1) is 57.8. The third-order valence-electron chi connectivity index (χ3n) is 11.0. The second kappa shape index (κ2) is 24.6. The summed E-state index contributed by atoms with van der Waals surface area (Å²) >= 11 is 0. The number of phenolic OH excluding ortho intramolecular Hbond substituents is 1. The fraction of sp³-hybridized carbons (Fsp3) is 0.149. The molecule has 0 aromatic heterocycles. The van der Waals surface area contributed by atoms with Crippen LogP contribution in [0.15, 0.2) is 191 Å². The molecule has 0 heterocycles. The molecule has 0 amide bonds. The van der Waals surface area contributed by atoms with Gasteiger partial charge in [-0.25, -0.2) is 0 Å². The van der Waals surface area contributed by atoms with Gasteiger partial charge in [-0.15, -0.1) is 35.2 Å². The van der Waals surface area contributed by atoms with Crippen LogP contribution in [0.3, 0.4) is 0 Å². The van der Waals surface area contributed by atoms with Gasteiger partial charge in [-0.2, -0.15) is 45.7 Å². The van der Waals surface area contributed by atoms with Gasteiger partial charge in [0.25, 0.3) is 30.4 Å². The molecule has 7 aromatic carbocycles. The third-order valence-corrected chi connectivity index (χ3v) is 15.0. The van der Waals surface area contributed by atoms with Crippen LogP contribution < -0.4 is 19.5 Å². The number of hydrogen-bond acceptors (Lipinski definition) is 25. The molecule has 0 saturated heterocycles. The number of methoxy groups -OCH3 is 2. The minimum Gasteiger partial charge on any atom is -0.505 e. The Morgan fingerprint density at radius 3 is 1.67 bits per heavy atom. The fourth-order valence-electron chi connectivity index (χ4n) is 7.08.